The van der Waals surface area contributed by atoms with Gasteiger partial charge in [-0.25, -0.2) is 0 Å². The maximum absolute atomic E-state index is 6.50. The van der Waals surface area contributed by atoms with Crippen molar-refractivity contribution in [1.29, 1.82) is 5.53 Å². The molecule has 0 saturated heterocycles. The van der Waals surface area contributed by atoms with Gasteiger partial charge in [-0.15, -0.1) is 11.5 Å². The fourth-order valence-electron chi connectivity index (χ4n) is 0.997. The van der Waals surface area contributed by atoms with Crippen molar-refractivity contribution >= 4 is 5.71 Å². The van der Waals surface area contributed by atoms with Gasteiger partial charge in [0.05, 0.1) is 5.71 Å². The van der Waals surface area contributed by atoms with E-state index in [0.29, 0.717) is 0 Å². The summed E-state index contributed by atoms with van der Waals surface area (Å²) in [6.45, 7) is 0. The van der Waals surface area contributed by atoms with Crippen LogP contribution in [0.1, 0.15) is 12.8 Å². The monoisotopic (exact) mass is 147 g/mol. The van der Waals surface area contributed by atoms with Crippen LogP contribution in [0, 0.1) is 23.8 Å². The number of terminal acetylenes is 1. The maximum atomic E-state index is 6.50. The van der Waals surface area contributed by atoms with Gasteiger partial charge in [-0.05, 0) is 18.9 Å². The fourth-order valence-corrected chi connectivity index (χ4v) is 0.997. The normalized spacial score (nSPS) is 26.5. The van der Waals surface area contributed by atoms with Gasteiger partial charge in [0.2, 0.25) is 0 Å². The third kappa shape index (κ3) is 2.01. The number of hydrogen-bond donors (Lipinski definition) is 1. The molecule has 0 saturated carbocycles. The van der Waals surface area contributed by atoms with Crippen LogP contribution >= 0.6 is 0 Å². The van der Waals surface area contributed by atoms with Crippen LogP contribution in [0.15, 0.2) is 22.5 Å². The summed E-state index contributed by atoms with van der Waals surface area (Å²) in [5.74, 6) is 2.88. The van der Waals surface area contributed by atoms with Crippen LogP contribution in [-0.2, 0) is 0 Å². The van der Waals surface area contributed by atoms with Gasteiger partial charge in [0.1, 0.15) is 0 Å². The largest absolute Gasteiger partial charge is 0.185 e. The van der Waals surface area contributed by atoms with Crippen LogP contribution in [0.3, 0.4) is 0 Å². The molecule has 0 aliphatic heterocycles. The second kappa shape index (κ2) is 3.67. The van der Waals surface area contributed by atoms with Crippen LogP contribution in [0.2, 0.25) is 0 Å². The molecule has 1 atom stereocenters. The summed E-state index contributed by atoms with van der Waals surface area (Å²) in [6, 6.07) is 0. The van der Waals surface area contributed by atoms with Gasteiger partial charge in [0, 0.05) is 5.92 Å². The van der Waals surface area contributed by atoms with Crippen molar-refractivity contribution in [2.24, 2.45) is 16.2 Å². The average molecular weight is 147 g/mol. The Morgan fingerprint density at radius 2 is 2.55 bits per heavy atom. The Kier molecular flexibility index (Phi) is 2.56. The Hall–Kier alpha value is -1.43. The molecule has 1 rings (SSSR count). The number of nitrogens with zero attached hydrogens (tertiary/aromatic N) is 2. The van der Waals surface area contributed by atoms with Crippen molar-refractivity contribution in [3.8, 4) is 12.3 Å². The molecule has 0 aromatic rings. The van der Waals surface area contributed by atoms with E-state index in [1.807, 2.05) is 12.2 Å². The van der Waals surface area contributed by atoms with Crippen LogP contribution < -0.4 is 0 Å². The summed E-state index contributed by atoms with van der Waals surface area (Å²) in [4.78, 5) is 0. The number of allylic oxidation sites excluding steroid dienone is 2. The summed E-state index contributed by atoms with van der Waals surface area (Å²) in [6.07, 6.45) is 10.7. The van der Waals surface area contributed by atoms with E-state index in [1.54, 1.807) is 0 Å². The van der Waals surface area contributed by atoms with Crippen molar-refractivity contribution in [1.82, 2.24) is 0 Å². The lowest BCUT2D eigenvalue weighted by Crippen LogP contribution is -2.05. The zero-order valence-corrected chi connectivity index (χ0v) is 6.12. The first-order chi connectivity index (χ1) is 5.36. The van der Waals surface area contributed by atoms with E-state index in [1.165, 1.54) is 0 Å². The van der Waals surface area contributed by atoms with Crippen molar-refractivity contribution in [2.45, 2.75) is 12.8 Å². The molecule has 1 unspecified atom stereocenters. The minimum atomic E-state index is 0.236. The molecule has 1 N–H and O–H groups in total. The van der Waals surface area contributed by atoms with Gasteiger partial charge >= 0.3 is 0 Å². The van der Waals surface area contributed by atoms with Crippen molar-refractivity contribution in [3.05, 3.63) is 12.2 Å². The second-order valence-corrected chi connectivity index (χ2v) is 2.36. The minimum absolute atomic E-state index is 0.236. The van der Waals surface area contributed by atoms with E-state index in [0.717, 1.165) is 18.6 Å². The summed E-state index contributed by atoms with van der Waals surface area (Å²) >= 11 is 0. The van der Waals surface area contributed by atoms with E-state index in [2.05, 4.69) is 16.2 Å². The maximum Gasteiger partial charge on any atom is 0.0646 e. The molecule has 11 heavy (non-hydrogen) atoms. The molecular formula is C8H9N3. The lowest BCUT2D eigenvalue weighted by atomic mass is 9.96. The lowest BCUT2D eigenvalue weighted by molar-refractivity contribution is 0.744. The Morgan fingerprint density at radius 3 is 3.00 bits per heavy atom. The molecule has 0 spiro atoms. The molecule has 0 fully saturated rings. The molecule has 1 aliphatic carbocycles. The third-order valence-corrected chi connectivity index (χ3v) is 1.62. The van der Waals surface area contributed by atoms with Gasteiger partial charge < -0.3 is 0 Å². The Labute approximate surface area is 65.7 Å². The molecule has 0 radical (unpaired) electrons. The molecule has 0 amide bonds. The van der Waals surface area contributed by atoms with Gasteiger partial charge in [0.15, 0.2) is 0 Å². The summed E-state index contributed by atoms with van der Waals surface area (Å²) in [5.41, 5.74) is 7.34. The molecule has 0 heterocycles. The predicted molar refractivity (Wildman–Crippen MR) is 43.3 cm³/mol. The van der Waals surface area contributed by atoms with Crippen LogP contribution in [0.4, 0.5) is 0 Å². The second-order valence-electron chi connectivity index (χ2n) is 2.36. The highest BCUT2D eigenvalue weighted by molar-refractivity contribution is 5.95. The third-order valence-electron chi connectivity index (χ3n) is 1.62. The van der Waals surface area contributed by atoms with E-state index >= 15 is 0 Å². The number of nitrogens with one attached hydrogen (secondary N) is 1. The number of rotatable bonds is 1. The Balaban J connectivity index is 2.64. The Morgan fingerprint density at radius 1 is 1.73 bits per heavy atom. The first kappa shape index (κ1) is 7.67. The highest BCUT2D eigenvalue weighted by atomic mass is 15.3. The fraction of sp³-hybridized carbons (Fsp3) is 0.375. The molecule has 0 aromatic carbocycles. The predicted octanol–water partition coefficient (Wildman–Crippen LogP) is 1.97. The first-order valence-corrected chi connectivity index (χ1v) is 3.44. The van der Waals surface area contributed by atoms with Crippen LogP contribution in [0.5, 0.6) is 0 Å². The highest BCUT2D eigenvalue weighted by Gasteiger charge is 2.08. The van der Waals surface area contributed by atoms with Gasteiger partial charge in [-0.3, -0.25) is 0 Å². The van der Waals surface area contributed by atoms with E-state index in [9.17, 15) is 0 Å². The zero-order chi connectivity index (χ0) is 8.10. The summed E-state index contributed by atoms with van der Waals surface area (Å²) in [7, 11) is 0. The summed E-state index contributed by atoms with van der Waals surface area (Å²) < 4.78 is 0. The molecule has 0 aromatic heterocycles. The van der Waals surface area contributed by atoms with E-state index in [4.69, 9.17) is 12.0 Å². The summed E-state index contributed by atoms with van der Waals surface area (Å²) in [5, 5.41) is 6.55. The van der Waals surface area contributed by atoms with Crippen LogP contribution in [0.25, 0.3) is 0 Å². The zero-order valence-electron chi connectivity index (χ0n) is 6.12. The first-order valence-electron chi connectivity index (χ1n) is 3.44. The van der Waals surface area contributed by atoms with E-state index in [-0.39, 0.29) is 5.92 Å². The number of hydrogen-bond acceptors (Lipinski definition) is 2. The highest BCUT2D eigenvalue weighted by Crippen LogP contribution is 2.14. The smallest absolute Gasteiger partial charge is 0.0646 e. The van der Waals surface area contributed by atoms with Gasteiger partial charge in [-0.2, -0.15) is 5.53 Å². The molecule has 3 heteroatoms. The van der Waals surface area contributed by atoms with Gasteiger partial charge in [0.25, 0.3) is 0 Å². The van der Waals surface area contributed by atoms with E-state index < -0.39 is 0 Å². The molecule has 0 bridgehead atoms. The van der Waals surface area contributed by atoms with Crippen LogP contribution in [-0.4, -0.2) is 5.71 Å². The van der Waals surface area contributed by atoms with Crippen molar-refractivity contribution in [3.63, 3.8) is 0 Å². The lowest BCUT2D eigenvalue weighted by Gasteiger charge is -2.09. The SMILES string of the molecule is C#CC1C=C/C(=N\N=N)CC1. The quantitative estimate of drug-likeness (QED) is 0.335. The topological polar surface area (TPSA) is 48.6 Å². The molecule has 1 aliphatic rings. The van der Waals surface area contributed by atoms with Crippen molar-refractivity contribution < 1.29 is 0 Å². The average Bonchev–Trinajstić information content (AvgIpc) is 2.07. The van der Waals surface area contributed by atoms with Crippen molar-refractivity contribution in [2.75, 3.05) is 0 Å². The van der Waals surface area contributed by atoms with Gasteiger partial charge in [-0.1, -0.05) is 17.2 Å². The molecule has 3 nitrogen and oxygen atoms in total. The minimum Gasteiger partial charge on any atom is -0.185 e. The Bertz CT molecular complexity index is 245. The molecule has 56 valence electrons. The standard InChI is InChI=1S/C8H9N3/c1-2-7-3-5-8(6-4-7)10-11-9/h1,3,5,7,9H,4,6H2/b10-8+,11-9?. The molecular weight excluding hydrogens is 138 g/mol.